The maximum absolute atomic E-state index is 12.1. The van der Waals surface area contributed by atoms with Crippen molar-refractivity contribution in [3.05, 3.63) is 75.6 Å². The van der Waals surface area contributed by atoms with Gasteiger partial charge in [0.05, 0.1) is 6.42 Å². The first-order chi connectivity index (χ1) is 14.6. The van der Waals surface area contributed by atoms with Gasteiger partial charge in [-0.05, 0) is 42.5 Å². The molecule has 0 atom stereocenters. The number of amides is 1. The van der Waals surface area contributed by atoms with Crippen LogP contribution in [0.5, 0.6) is 5.75 Å². The molecule has 7 heteroatoms. The molecular formula is C23H21NO6. The number of benzene rings is 2. The Kier molecular flexibility index (Phi) is 5.79. The summed E-state index contributed by atoms with van der Waals surface area (Å²) in [4.78, 5) is 35.8. The third-order valence-electron chi connectivity index (χ3n) is 4.99. The second kappa shape index (κ2) is 8.82. The Bertz CT molecular complexity index is 1140. The van der Waals surface area contributed by atoms with Gasteiger partial charge in [-0.15, -0.1) is 0 Å². The minimum Gasteiger partial charge on any atom is -0.445 e. The third-order valence-corrected chi connectivity index (χ3v) is 4.99. The molecule has 1 aliphatic carbocycles. The lowest BCUT2D eigenvalue weighted by molar-refractivity contribution is -0.134. The zero-order valence-electron chi connectivity index (χ0n) is 16.3. The number of hydrogen-bond donors (Lipinski definition) is 1. The predicted molar refractivity (Wildman–Crippen MR) is 109 cm³/mol. The van der Waals surface area contributed by atoms with E-state index >= 15 is 0 Å². The molecule has 1 aromatic heterocycles. The molecule has 0 spiro atoms. The molecule has 0 saturated heterocycles. The van der Waals surface area contributed by atoms with Crippen molar-refractivity contribution in [3.8, 4) is 5.75 Å². The molecule has 0 bridgehead atoms. The molecular weight excluding hydrogens is 386 g/mol. The van der Waals surface area contributed by atoms with E-state index in [9.17, 15) is 14.4 Å². The highest BCUT2D eigenvalue weighted by atomic mass is 16.5. The van der Waals surface area contributed by atoms with Gasteiger partial charge < -0.3 is 19.2 Å². The van der Waals surface area contributed by atoms with Crippen LogP contribution in [0, 0.1) is 0 Å². The van der Waals surface area contributed by atoms with Gasteiger partial charge in [-0.2, -0.15) is 0 Å². The van der Waals surface area contributed by atoms with Gasteiger partial charge in [0.25, 0.3) is 0 Å². The van der Waals surface area contributed by atoms with Gasteiger partial charge in [0, 0.05) is 23.6 Å². The van der Waals surface area contributed by atoms with Crippen LogP contribution < -0.4 is 15.7 Å². The first-order valence-electron chi connectivity index (χ1n) is 9.84. The van der Waals surface area contributed by atoms with Crippen LogP contribution in [0.2, 0.25) is 0 Å². The Morgan fingerprint density at radius 1 is 1.03 bits per heavy atom. The third kappa shape index (κ3) is 4.51. The average molecular weight is 407 g/mol. The lowest BCUT2D eigenvalue weighted by Gasteiger charge is -2.08. The van der Waals surface area contributed by atoms with Crippen LogP contribution in [0.3, 0.4) is 0 Å². The predicted octanol–water partition coefficient (Wildman–Crippen LogP) is 3.50. The van der Waals surface area contributed by atoms with Crippen molar-refractivity contribution >= 4 is 23.0 Å². The number of hydrogen-bond acceptors (Lipinski definition) is 6. The topological polar surface area (TPSA) is 94.8 Å². The van der Waals surface area contributed by atoms with Gasteiger partial charge in [-0.1, -0.05) is 30.3 Å². The van der Waals surface area contributed by atoms with E-state index in [0.29, 0.717) is 11.3 Å². The highest BCUT2D eigenvalue weighted by Crippen LogP contribution is 2.29. The summed E-state index contributed by atoms with van der Waals surface area (Å²) in [5.41, 5.74) is 2.74. The quantitative estimate of drug-likeness (QED) is 0.382. The molecule has 0 aliphatic heterocycles. The monoisotopic (exact) mass is 407 g/mol. The van der Waals surface area contributed by atoms with E-state index in [1.165, 1.54) is 0 Å². The normalized spacial score (nSPS) is 12.4. The number of fused-ring (bicyclic) bond motifs is 3. The van der Waals surface area contributed by atoms with Gasteiger partial charge in [0.15, 0.2) is 0 Å². The van der Waals surface area contributed by atoms with Gasteiger partial charge >= 0.3 is 17.7 Å². The number of carbonyl (C=O) groups excluding carboxylic acids is 2. The molecule has 0 radical (unpaired) electrons. The van der Waals surface area contributed by atoms with Crippen LogP contribution in [0.4, 0.5) is 4.79 Å². The Morgan fingerprint density at radius 2 is 1.83 bits per heavy atom. The Labute approximate surface area is 172 Å². The summed E-state index contributed by atoms with van der Waals surface area (Å²) in [5, 5.41) is 3.39. The number of aryl methyl sites for hydroxylation is 1. The molecule has 154 valence electrons. The lowest BCUT2D eigenvalue weighted by atomic mass is 10.1. The van der Waals surface area contributed by atoms with E-state index in [1.807, 2.05) is 36.4 Å². The zero-order valence-corrected chi connectivity index (χ0v) is 16.3. The largest absolute Gasteiger partial charge is 0.445 e. The Morgan fingerprint density at radius 3 is 2.67 bits per heavy atom. The van der Waals surface area contributed by atoms with Crippen LogP contribution in [-0.2, 0) is 29.0 Å². The van der Waals surface area contributed by atoms with Crippen molar-refractivity contribution in [3.63, 3.8) is 0 Å². The minimum atomic E-state index is -0.604. The molecule has 1 heterocycles. The van der Waals surface area contributed by atoms with Crippen molar-refractivity contribution in [2.75, 3.05) is 6.54 Å². The van der Waals surface area contributed by atoms with E-state index in [4.69, 9.17) is 13.9 Å². The molecule has 4 rings (SSSR count). The fraction of sp³-hybridized carbons (Fsp3) is 0.261. The summed E-state index contributed by atoms with van der Waals surface area (Å²) >= 11 is 0. The number of nitrogens with one attached hydrogen (secondary N) is 1. The maximum atomic E-state index is 12.1. The fourth-order valence-corrected chi connectivity index (χ4v) is 3.55. The SMILES string of the molecule is O=C(CCNC(=O)OCc1ccccc1)Oc1ccc2c3c(c(=O)oc2c1)CCC3. The first kappa shape index (κ1) is 19.7. The smallest absolute Gasteiger partial charge is 0.407 e. The van der Waals surface area contributed by atoms with Crippen molar-refractivity contribution < 1.29 is 23.5 Å². The summed E-state index contributed by atoms with van der Waals surface area (Å²) in [6.07, 6.45) is 1.91. The zero-order chi connectivity index (χ0) is 20.9. The van der Waals surface area contributed by atoms with Crippen LogP contribution in [0.25, 0.3) is 11.0 Å². The first-order valence-corrected chi connectivity index (χ1v) is 9.84. The van der Waals surface area contributed by atoms with Gasteiger partial charge in [-0.25, -0.2) is 9.59 Å². The Hall–Kier alpha value is -3.61. The average Bonchev–Trinajstić information content (AvgIpc) is 3.24. The molecule has 0 saturated carbocycles. The lowest BCUT2D eigenvalue weighted by Crippen LogP contribution is -2.27. The van der Waals surface area contributed by atoms with E-state index < -0.39 is 12.1 Å². The maximum Gasteiger partial charge on any atom is 0.407 e. The van der Waals surface area contributed by atoms with Crippen LogP contribution in [0.15, 0.2) is 57.7 Å². The molecule has 1 aliphatic rings. The van der Waals surface area contributed by atoms with E-state index in [0.717, 1.165) is 41.3 Å². The summed E-state index contributed by atoms with van der Waals surface area (Å²) in [7, 11) is 0. The second-order valence-corrected chi connectivity index (χ2v) is 7.07. The molecule has 0 unspecified atom stereocenters. The summed E-state index contributed by atoms with van der Waals surface area (Å²) < 4.78 is 15.8. The number of ether oxygens (including phenoxy) is 2. The minimum absolute atomic E-state index is 0.0212. The molecule has 3 aromatic rings. The van der Waals surface area contributed by atoms with Gasteiger partial charge in [-0.3, -0.25) is 4.79 Å². The number of rotatable bonds is 6. The van der Waals surface area contributed by atoms with Crippen LogP contribution >= 0.6 is 0 Å². The van der Waals surface area contributed by atoms with E-state index in [-0.39, 0.29) is 25.2 Å². The number of alkyl carbamates (subject to hydrolysis) is 1. The Balaban J connectivity index is 1.28. The van der Waals surface area contributed by atoms with Crippen molar-refractivity contribution in [2.24, 2.45) is 0 Å². The molecule has 1 amide bonds. The summed E-state index contributed by atoms with van der Waals surface area (Å²) in [5.74, 6) is -0.221. The van der Waals surface area contributed by atoms with Gasteiger partial charge in [0.1, 0.15) is 17.9 Å². The molecule has 2 aromatic carbocycles. The standard InChI is InChI=1S/C23H21NO6/c25-21(11-12-24-23(27)28-14-15-5-2-1-3-6-15)29-16-9-10-18-17-7-4-8-19(17)22(26)30-20(18)13-16/h1-3,5-6,9-10,13H,4,7-8,11-12,14H2,(H,24,27). The van der Waals surface area contributed by atoms with Gasteiger partial charge in [0.2, 0.25) is 0 Å². The van der Waals surface area contributed by atoms with Crippen molar-refractivity contribution in [1.82, 2.24) is 5.32 Å². The highest BCUT2D eigenvalue weighted by molar-refractivity contribution is 5.84. The van der Waals surface area contributed by atoms with Crippen molar-refractivity contribution in [2.45, 2.75) is 32.3 Å². The molecule has 0 fully saturated rings. The molecule has 1 N–H and O–H groups in total. The molecule has 7 nitrogen and oxygen atoms in total. The molecule has 30 heavy (non-hydrogen) atoms. The van der Waals surface area contributed by atoms with Crippen LogP contribution in [-0.4, -0.2) is 18.6 Å². The number of esters is 1. The summed E-state index contributed by atoms with van der Waals surface area (Å²) in [6, 6.07) is 14.3. The fourth-order valence-electron chi connectivity index (χ4n) is 3.55. The van der Waals surface area contributed by atoms with Crippen LogP contribution in [0.1, 0.15) is 29.5 Å². The second-order valence-electron chi connectivity index (χ2n) is 7.07. The van der Waals surface area contributed by atoms with E-state index in [2.05, 4.69) is 5.32 Å². The summed E-state index contributed by atoms with van der Waals surface area (Å²) in [6.45, 7) is 0.242. The van der Waals surface area contributed by atoms with E-state index in [1.54, 1.807) is 12.1 Å². The number of carbonyl (C=O) groups is 2. The van der Waals surface area contributed by atoms with Crippen molar-refractivity contribution in [1.29, 1.82) is 0 Å². The highest BCUT2D eigenvalue weighted by Gasteiger charge is 2.20.